The topological polar surface area (TPSA) is 0 Å². The van der Waals surface area contributed by atoms with E-state index < -0.39 is 0 Å². The van der Waals surface area contributed by atoms with Gasteiger partial charge in [-0.3, -0.25) is 0 Å². The van der Waals surface area contributed by atoms with E-state index in [2.05, 4.69) is 50.8 Å². The molecule has 0 atom stereocenters. The van der Waals surface area contributed by atoms with Gasteiger partial charge < -0.3 is 0 Å². The second-order valence-electron chi connectivity index (χ2n) is 3.15. The third-order valence-corrected chi connectivity index (χ3v) is 1.93. The maximum Gasteiger partial charge on any atom is -0.0209 e. The molecule has 0 fully saturated rings. The Labute approximate surface area is 79.7 Å². The summed E-state index contributed by atoms with van der Waals surface area (Å²) in [6.45, 7) is 6.21. The SMILES string of the molecule is C/C(S)=C/c1cc(C)ccc1C. The van der Waals surface area contributed by atoms with Crippen LogP contribution in [0.5, 0.6) is 0 Å². The monoisotopic (exact) mass is 178 g/mol. The molecule has 0 aliphatic rings. The fourth-order valence-electron chi connectivity index (χ4n) is 1.14. The molecule has 0 aliphatic heterocycles. The van der Waals surface area contributed by atoms with Crippen molar-refractivity contribution in [1.82, 2.24) is 0 Å². The van der Waals surface area contributed by atoms with Crippen LogP contribution in [0.2, 0.25) is 0 Å². The molecule has 12 heavy (non-hydrogen) atoms. The number of hydrogen-bond acceptors (Lipinski definition) is 1. The molecule has 64 valence electrons. The summed E-state index contributed by atoms with van der Waals surface area (Å²) in [5.41, 5.74) is 3.86. The zero-order valence-corrected chi connectivity index (χ0v) is 8.65. The van der Waals surface area contributed by atoms with Crippen LogP contribution in [0.3, 0.4) is 0 Å². The van der Waals surface area contributed by atoms with E-state index in [4.69, 9.17) is 0 Å². The smallest absolute Gasteiger partial charge is 0.0209 e. The van der Waals surface area contributed by atoms with Gasteiger partial charge in [0.25, 0.3) is 0 Å². The standard InChI is InChI=1S/C11H14S/c1-8-4-5-9(2)11(6-8)7-10(3)12/h4-7,12H,1-3H3/b10-7-. The van der Waals surface area contributed by atoms with Gasteiger partial charge in [0.1, 0.15) is 0 Å². The van der Waals surface area contributed by atoms with Crippen LogP contribution in [0.4, 0.5) is 0 Å². The Bertz CT molecular complexity index is 307. The Morgan fingerprint density at radius 3 is 2.58 bits per heavy atom. The van der Waals surface area contributed by atoms with E-state index in [1.807, 2.05) is 6.92 Å². The van der Waals surface area contributed by atoms with E-state index in [1.54, 1.807) is 0 Å². The molecule has 0 nitrogen and oxygen atoms in total. The van der Waals surface area contributed by atoms with Crippen LogP contribution in [-0.4, -0.2) is 0 Å². The summed E-state index contributed by atoms with van der Waals surface area (Å²) in [5.74, 6) is 0. The van der Waals surface area contributed by atoms with Crippen LogP contribution in [0.1, 0.15) is 23.6 Å². The number of benzene rings is 1. The van der Waals surface area contributed by atoms with E-state index in [-0.39, 0.29) is 0 Å². The van der Waals surface area contributed by atoms with Gasteiger partial charge in [0.2, 0.25) is 0 Å². The van der Waals surface area contributed by atoms with Gasteiger partial charge in [-0.25, -0.2) is 0 Å². The number of rotatable bonds is 1. The minimum absolute atomic E-state index is 1.05. The summed E-state index contributed by atoms with van der Waals surface area (Å²) >= 11 is 4.25. The third-order valence-electron chi connectivity index (χ3n) is 1.80. The summed E-state index contributed by atoms with van der Waals surface area (Å²) in [5, 5.41) is 0. The lowest BCUT2D eigenvalue weighted by molar-refractivity contribution is 1.37. The van der Waals surface area contributed by atoms with Crippen LogP contribution in [0.25, 0.3) is 6.08 Å². The molecule has 0 spiro atoms. The maximum atomic E-state index is 4.25. The number of allylic oxidation sites excluding steroid dienone is 1. The van der Waals surface area contributed by atoms with E-state index >= 15 is 0 Å². The molecule has 0 bridgehead atoms. The lowest BCUT2D eigenvalue weighted by atomic mass is 10.1. The largest absolute Gasteiger partial charge is 0.148 e. The molecule has 0 heterocycles. The molecule has 1 heteroatoms. The van der Waals surface area contributed by atoms with Crippen LogP contribution in [0.15, 0.2) is 23.1 Å². The fourth-order valence-corrected chi connectivity index (χ4v) is 1.28. The molecule has 1 rings (SSSR count). The van der Waals surface area contributed by atoms with E-state index in [1.165, 1.54) is 16.7 Å². The highest BCUT2D eigenvalue weighted by molar-refractivity contribution is 7.84. The first kappa shape index (κ1) is 9.40. The van der Waals surface area contributed by atoms with Crippen molar-refractivity contribution in [1.29, 1.82) is 0 Å². The van der Waals surface area contributed by atoms with Gasteiger partial charge in [-0.05, 0) is 42.9 Å². The lowest BCUT2D eigenvalue weighted by Gasteiger charge is -2.01. The van der Waals surface area contributed by atoms with Gasteiger partial charge in [-0.1, -0.05) is 23.8 Å². The molecule has 0 saturated heterocycles. The van der Waals surface area contributed by atoms with Crippen molar-refractivity contribution in [3.05, 3.63) is 39.8 Å². The van der Waals surface area contributed by atoms with Crippen LogP contribution in [0, 0.1) is 13.8 Å². The molecule has 0 unspecified atom stereocenters. The van der Waals surface area contributed by atoms with Crippen molar-refractivity contribution in [2.45, 2.75) is 20.8 Å². The average Bonchev–Trinajstić information content (AvgIpc) is 1.96. The second kappa shape index (κ2) is 3.81. The van der Waals surface area contributed by atoms with Crippen LogP contribution in [-0.2, 0) is 0 Å². The predicted molar refractivity (Wildman–Crippen MR) is 58.6 cm³/mol. The summed E-state index contributed by atoms with van der Waals surface area (Å²) in [6, 6.07) is 6.44. The van der Waals surface area contributed by atoms with Crippen molar-refractivity contribution in [3.63, 3.8) is 0 Å². The molecule has 0 saturated carbocycles. The number of hydrogen-bond donors (Lipinski definition) is 1. The molecule has 1 aromatic carbocycles. The van der Waals surface area contributed by atoms with E-state index in [0.29, 0.717) is 0 Å². The minimum atomic E-state index is 1.05. The van der Waals surface area contributed by atoms with E-state index in [9.17, 15) is 0 Å². The average molecular weight is 178 g/mol. The van der Waals surface area contributed by atoms with Gasteiger partial charge in [-0.2, -0.15) is 0 Å². The summed E-state index contributed by atoms with van der Waals surface area (Å²) in [4.78, 5) is 1.05. The Kier molecular flexibility index (Phi) is 2.99. The van der Waals surface area contributed by atoms with Crippen molar-refractivity contribution in [2.24, 2.45) is 0 Å². The highest BCUT2D eigenvalue weighted by Crippen LogP contribution is 2.15. The van der Waals surface area contributed by atoms with Gasteiger partial charge in [0.05, 0.1) is 0 Å². The molecular weight excluding hydrogens is 164 g/mol. The molecule has 0 amide bonds. The molecule has 0 aromatic heterocycles. The summed E-state index contributed by atoms with van der Waals surface area (Å²) < 4.78 is 0. The van der Waals surface area contributed by atoms with Gasteiger partial charge in [0.15, 0.2) is 0 Å². The Morgan fingerprint density at radius 1 is 1.33 bits per heavy atom. The third kappa shape index (κ3) is 2.42. The van der Waals surface area contributed by atoms with Crippen molar-refractivity contribution >= 4 is 18.7 Å². The molecule has 0 aliphatic carbocycles. The first-order chi connectivity index (χ1) is 5.59. The number of thiol groups is 1. The quantitative estimate of drug-likeness (QED) is 0.624. The lowest BCUT2D eigenvalue weighted by Crippen LogP contribution is -1.82. The molecular formula is C11H14S. The Hall–Kier alpha value is -0.690. The van der Waals surface area contributed by atoms with Gasteiger partial charge in [0, 0.05) is 0 Å². The first-order valence-corrected chi connectivity index (χ1v) is 4.49. The minimum Gasteiger partial charge on any atom is -0.148 e. The van der Waals surface area contributed by atoms with Crippen molar-refractivity contribution < 1.29 is 0 Å². The zero-order valence-electron chi connectivity index (χ0n) is 7.76. The highest BCUT2D eigenvalue weighted by Gasteiger charge is 1.94. The number of aryl methyl sites for hydroxylation is 2. The fraction of sp³-hybridized carbons (Fsp3) is 0.273. The molecule has 0 radical (unpaired) electrons. The summed E-state index contributed by atoms with van der Waals surface area (Å²) in [7, 11) is 0. The Balaban J connectivity index is 3.14. The van der Waals surface area contributed by atoms with Crippen LogP contribution >= 0.6 is 12.6 Å². The normalized spacial score (nSPS) is 11.8. The predicted octanol–water partition coefficient (Wildman–Crippen LogP) is 3.59. The zero-order chi connectivity index (χ0) is 9.14. The van der Waals surface area contributed by atoms with Crippen molar-refractivity contribution in [2.75, 3.05) is 0 Å². The van der Waals surface area contributed by atoms with Gasteiger partial charge >= 0.3 is 0 Å². The van der Waals surface area contributed by atoms with E-state index in [0.717, 1.165) is 4.91 Å². The van der Waals surface area contributed by atoms with Crippen LogP contribution < -0.4 is 0 Å². The molecule has 0 N–H and O–H groups in total. The molecule has 1 aromatic rings. The van der Waals surface area contributed by atoms with Crippen molar-refractivity contribution in [3.8, 4) is 0 Å². The first-order valence-electron chi connectivity index (χ1n) is 4.04. The Morgan fingerprint density at radius 2 is 2.00 bits per heavy atom. The second-order valence-corrected chi connectivity index (χ2v) is 3.85. The van der Waals surface area contributed by atoms with Gasteiger partial charge in [-0.15, -0.1) is 12.6 Å². The highest BCUT2D eigenvalue weighted by atomic mass is 32.1. The summed E-state index contributed by atoms with van der Waals surface area (Å²) in [6.07, 6.45) is 2.09. The maximum absolute atomic E-state index is 4.25.